The second-order valence-electron chi connectivity index (χ2n) is 9.09. The van der Waals surface area contributed by atoms with Crippen molar-refractivity contribution in [3.63, 3.8) is 0 Å². The fourth-order valence-electron chi connectivity index (χ4n) is 3.34. The number of hydrogen-bond donors (Lipinski definition) is 2. The molecule has 0 aromatic heterocycles. The van der Waals surface area contributed by atoms with Crippen LogP contribution in [-0.4, -0.2) is 33.5 Å². The van der Waals surface area contributed by atoms with Gasteiger partial charge in [0.25, 0.3) is 0 Å². The van der Waals surface area contributed by atoms with Crippen LogP contribution < -0.4 is 11.1 Å². The second kappa shape index (κ2) is 7.73. The maximum Gasteiger partial charge on any atom is 0.148 e. The van der Waals surface area contributed by atoms with Gasteiger partial charge in [0.1, 0.15) is 9.84 Å². The van der Waals surface area contributed by atoms with Crippen LogP contribution in [0, 0.1) is 5.41 Å². The Bertz CT molecular complexity index is 777. The second-order valence-corrected chi connectivity index (χ2v) is 11.4. The average Bonchev–Trinajstić information content (AvgIpc) is 2.51. The van der Waals surface area contributed by atoms with Gasteiger partial charge in [-0.05, 0) is 47.9 Å². The molecule has 0 saturated heterocycles. The van der Waals surface area contributed by atoms with E-state index in [-0.39, 0.29) is 11.2 Å². The van der Waals surface area contributed by atoms with Gasteiger partial charge in [-0.1, -0.05) is 39.8 Å². The molecule has 0 heterocycles. The van der Waals surface area contributed by atoms with Crippen LogP contribution in [0.25, 0.3) is 5.57 Å². The minimum absolute atomic E-state index is 0.103. The molecule has 1 aliphatic rings. The number of nitrogen functional groups attached to an aromatic ring is 1. The highest BCUT2D eigenvalue weighted by Gasteiger charge is 2.25. The predicted octanol–water partition coefficient (Wildman–Crippen LogP) is 3.77. The molecule has 1 aliphatic carbocycles. The first kappa shape index (κ1) is 21.0. The molecular weight excluding hydrogens is 344 g/mol. The fourth-order valence-corrected chi connectivity index (χ4v) is 3.85. The molecule has 0 saturated carbocycles. The molecule has 26 heavy (non-hydrogen) atoms. The smallest absolute Gasteiger partial charge is 0.148 e. The molecule has 0 spiro atoms. The topological polar surface area (TPSA) is 72.2 Å². The zero-order valence-corrected chi connectivity index (χ0v) is 17.7. The average molecular weight is 379 g/mol. The largest absolute Gasteiger partial charge is 0.398 e. The van der Waals surface area contributed by atoms with E-state index < -0.39 is 9.84 Å². The molecule has 0 fully saturated rings. The normalized spacial score (nSPS) is 17.8. The summed E-state index contributed by atoms with van der Waals surface area (Å²) in [6.45, 7) is 10.2. The third-order valence-electron chi connectivity index (χ3n) is 5.37. The Morgan fingerprint density at radius 3 is 2.54 bits per heavy atom. The highest BCUT2D eigenvalue weighted by Crippen LogP contribution is 2.40. The van der Waals surface area contributed by atoms with E-state index in [1.807, 2.05) is 6.07 Å². The Kier molecular flexibility index (Phi) is 6.24. The summed E-state index contributed by atoms with van der Waals surface area (Å²) < 4.78 is 22.5. The number of sulfone groups is 1. The van der Waals surface area contributed by atoms with Crippen LogP contribution in [-0.2, 0) is 15.3 Å². The Morgan fingerprint density at radius 2 is 1.96 bits per heavy atom. The van der Waals surface area contributed by atoms with E-state index in [4.69, 9.17) is 5.73 Å². The number of allylic oxidation sites excluding steroid dienone is 2. The maximum absolute atomic E-state index is 11.3. The standard InChI is InChI=1S/C21H34N2O2S/c1-20(2)10-8-16(9-11-20)18-14-17(6-7-19(18)22)21(3,4)15-23-12-13-26(5,24)25/h6-8,14,23H,9-13,15,22H2,1-5H3. The molecule has 0 atom stereocenters. The number of nitrogens with one attached hydrogen (secondary N) is 1. The van der Waals surface area contributed by atoms with E-state index in [2.05, 4.69) is 51.2 Å². The van der Waals surface area contributed by atoms with Crippen molar-refractivity contribution >= 4 is 21.1 Å². The van der Waals surface area contributed by atoms with Crippen LogP contribution in [0.5, 0.6) is 0 Å². The Morgan fingerprint density at radius 1 is 1.27 bits per heavy atom. The first-order valence-corrected chi connectivity index (χ1v) is 11.4. The lowest BCUT2D eigenvalue weighted by Gasteiger charge is -2.30. The lowest BCUT2D eigenvalue weighted by molar-refractivity contribution is 0.335. The summed E-state index contributed by atoms with van der Waals surface area (Å²) in [4.78, 5) is 0. The monoisotopic (exact) mass is 378 g/mol. The van der Waals surface area contributed by atoms with Crippen molar-refractivity contribution in [2.75, 3.05) is 30.8 Å². The number of benzene rings is 1. The zero-order valence-electron chi connectivity index (χ0n) is 16.9. The van der Waals surface area contributed by atoms with E-state index in [0.29, 0.717) is 12.0 Å². The minimum atomic E-state index is -2.93. The predicted molar refractivity (Wildman–Crippen MR) is 112 cm³/mol. The van der Waals surface area contributed by atoms with Gasteiger partial charge in [-0.3, -0.25) is 0 Å². The SMILES string of the molecule is CC1(C)CC=C(c2cc(C(C)(C)CNCCS(C)(=O)=O)ccc2N)CC1. The molecule has 0 bridgehead atoms. The molecule has 2 rings (SSSR count). The quantitative estimate of drug-likeness (QED) is 0.559. The molecule has 0 unspecified atom stereocenters. The van der Waals surface area contributed by atoms with Gasteiger partial charge in [0.2, 0.25) is 0 Å². The zero-order chi connectivity index (χ0) is 19.6. The van der Waals surface area contributed by atoms with Gasteiger partial charge in [0.15, 0.2) is 0 Å². The fraction of sp³-hybridized carbons (Fsp3) is 0.619. The van der Waals surface area contributed by atoms with E-state index in [1.165, 1.54) is 23.8 Å². The van der Waals surface area contributed by atoms with Gasteiger partial charge >= 0.3 is 0 Å². The van der Waals surface area contributed by atoms with Crippen molar-refractivity contribution in [3.8, 4) is 0 Å². The summed E-state index contributed by atoms with van der Waals surface area (Å²) in [5.74, 6) is 0.165. The van der Waals surface area contributed by atoms with Crippen molar-refractivity contribution < 1.29 is 8.42 Å². The van der Waals surface area contributed by atoms with Crippen LogP contribution in [0.2, 0.25) is 0 Å². The van der Waals surface area contributed by atoms with E-state index >= 15 is 0 Å². The number of hydrogen-bond acceptors (Lipinski definition) is 4. The Labute approximate surface area is 159 Å². The molecule has 146 valence electrons. The van der Waals surface area contributed by atoms with Crippen molar-refractivity contribution in [2.45, 2.75) is 52.4 Å². The van der Waals surface area contributed by atoms with Crippen LogP contribution >= 0.6 is 0 Å². The molecule has 5 heteroatoms. The van der Waals surface area contributed by atoms with Gasteiger partial charge in [-0.15, -0.1) is 0 Å². The number of nitrogens with two attached hydrogens (primary N) is 1. The molecule has 1 aromatic carbocycles. The molecule has 4 nitrogen and oxygen atoms in total. The molecule has 1 aromatic rings. The lowest BCUT2D eigenvalue weighted by Crippen LogP contribution is -2.35. The van der Waals surface area contributed by atoms with Gasteiger partial charge in [-0.2, -0.15) is 0 Å². The molecule has 3 N–H and O–H groups in total. The van der Waals surface area contributed by atoms with Crippen LogP contribution in [0.15, 0.2) is 24.3 Å². The van der Waals surface area contributed by atoms with Crippen molar-refractivity contribution in [3.05, 3.63) is 35.4 Å². The molecule has 0 aliphatic heterocycles. The van der Waals surface area contributed by atoms with Gasteiger partial charge in [0, 0.05) is 36.0 Å². The summed E-state index contributed by atoms with van der Waals surface area (Å²) in [7, 11) is -2.93. The van der Waals surface area contributed by atoms with Crippen molar-refractivity contribution in [2.24, 2.45) is 5.41 Å². The maximum atomic E-state index is 11.3. The number of rotatable bonds is 7. The first-order valence-electron chi connectivity index (χ1n) is 9.38. The summed E-state index contributed by atoms with van der Waals surface area (Å²) in [5, 5.41) is 3.28. The van der Waals surface area contributed by atoms with Crippen molar-refractivity contribution in [1.29, 1.82) is 0 Å². The highest BCUT2D eigenvalue weighted by molar-refractivity contribution is 7.90. The molecule has 0 radical (unpaired) electrons. The third-order valence-corrected chi connectivity index (χ3v) is 6.32. The Hall–Kier alpha value is -1.33. The lowest BCUT2D eigenvalue weighted by atomic mass is 9.76. The highest BCUT2D eigenvalue weighted by atomic mass is 32.2. The van der Waals surface area contributed by atoms with Gasteiger partial charge in [0.05, 0.1) is 5.75 Å². The van der Waals surface area contributed by atoms with Crippen LogP contribution in [0.3, 0.4) is 0 Å². The van der Waals surface area contributed by atoms with E-state index in [1.54, 1.807) is 0 Å². The number of anilines is 1. The van der Waals surface area contributed by atoms with Gasteiger partial charge in [-0.25, -0.2) is 8.42 Å². The van der Waals surface area contributed by atoms with Crippen LogP contribution in [0.4, 0.5) is 5.69 Å². The van der Waals surface area contributed by atoms with Gasteiger partial charge < -0.3 is 11.1 Å². The summed E-state index contributed by atoms with van der Waals surface area (Å²) >= 11 is 0. The molecular formula is C21H34N2O2S. The van der Waals surface area contributed by atoms with Crippen molar-refractivity contribution in [1.82, 2.24) is 5.32 Å². The summed E-state index contributed by atoms with van der Waals surface area (Å²) in [5.41, 5.74) is 11.1. The summed E-state index contributed by atoms with van der Waals surface area (Å²) in [6, 6.07) is 6.31. The molecule has 0 amide bonds. The third kappa shape index (κ3) is 5.85. The van der Waals surface area contributed by atoms with E-state index in [0.717, 1.165) is 30.6 Å². The Balaban J connectivity index is 2.13. The summed E-state index contributed by atoms with van der Waals surface area (Å²) in [6.07, 6.45) is 6.94. The van der Waals surface area contributed by atoms with Crippen LogP contribution in [0.1, 0.15) is 58.1 Å². The minimum Gasteiger partial charge on any atom is -0.398 e. The first-order chi connectivity index (χ1) is 11.9. The van der Waals surface area contributed by atoms with E-state index in [9.17, 15) is 8.42 Å².